The lowest BCUT2D eigenvalue weighted by atomic mass is 9.80. The fourth-order valence-electron chi connectivity index (χ4n) is 2.02. The van der Waals surface area contributed by atoms with Gasteiger partial charge >= 0.3 is 11.9 Å². The average molecular weight is 296 g/mol. The summed E-state index contributed by atoms with van der Waals surface area (Å²) in [5.41, 5.74) is -0.662. The smallest absolute Gasteiger partial charge is 0.306 e. The van der Waals surface area contributed by atoms with Gasteiger partial charge in [0.1, 0.15) is 0 Å². The van der Waals surface area contributed by atoms with Gasteiger partial charge in [0.05, 0.1) is 26.1 Å². The Balaban J connectivity index is 5.29. The Morgan fingerprint density at radius 3 is 1.48 bits per heavy atom. The molecule has 0 saturated heterocycles. The van der Waals surface area contributed by atoms with E-state index >= 15 is 0 Å². The normalized spacial score (nSPS) is 12.0. The molecule has 0 radical (unpaired) electrons. The Bertz CT molecular complexity index is 333. The maximum absolute atomic E-state index is 11.9. The van der Waals surface area contributed by atoms with Gasteiger partial charge in [-0.1, -0.05) is 38.2 Å². The fraction of sp³-hybridized carbons (Fsp3) is 0.647. The van der Waals surface area contributed by atoms with Crippen LogP contribution < -0.4 is 0 Å². The highest BCUT2D eigenvalue weighted by Gasteiger charge is 2.31. The minimum absolute atomic E-state index is 0.145. The van der Waals surface area contributed by atoms with Crippen LogP contribution in [0.1, 0.15) is 53.4 Å². The monoisotopic (exact) mass is 296 g/mol. The third-order valence-electron chi connectivity index (χ3n) is 2.93. The Hall–Kier alpha value is -1.58. The van der Waals surface area contributed by atoms with Crippen LogP contribution in [0.5, 0.6) is 0 Å². The van der Waals surface area contributed by atoms with Crippen molar-refractivity contribution in [2.45, 2.75) is 53.4 Å². The maximum Gasteiger partial charge on any atom is 0.306 e. The van der Waals surface area contributed by atoms with Crippen LogP contribution in [0.25, 0.3) is 0 Å². The second-order valence-corrected chi connectivity index (χ2v) is 4.82. The summed E-state index contributed by atoms with van der Waals surface area (Å²) in [6.45, 7) is 8.25. The summed E-state index contributed by atoms with van der Waals surface area (Å²) in [5.74, 6) is -0.605. The number of rotatable bonds is 10. The minimum Gasteiger partial charge on any atom is -0.466 e. The average Bonchev–Trinajstić information content (AvgIpc) is 2.43. The van der Waals surface area contributed by atoms with Crippen LogP contribution in [-0.4, -0.2) is 25.2 Å². The number of ether oxygens (including phenoxy) is 2. The Kier molecular flexibility index (Phi) is 10.3. The van der Waals surface area contributed by atoms with Gasteiger partial charge in [0.25, 0.3) is 0 Å². The van der Waals surface area contributed by atoms with Crippen molar-refractivity contribution < 1.29 is 19.1 Å². The van der Waals surface area contributed by atoms with Crippen LogP contribution in [0.15, 0.2) is 24.3 Å². The van der Waals surface area contributed by atoms with E-state index in [4.69, 9.17) is 9.47 Å². The molecule has 0 aliphatic rings. The van der Waals surface area contributed by atoms with Crippen molar-refractivity contribution in [3.63, 3.8) is 0 Å². The van der Waals surface area contributed by atoms with Crippen molar-refractivity contribution >= 4 is 11.9 Å². The van der Waals surface area contributed by atoms with Crippen LogP contribution in [0.3, 0.4) is 0 Å². The molecule has 0 saturated carbocycles. The largest absolute Gasteiger partial charge is 0.466 e. The van der Waals surface area contributed by atoms with E-state index in [1.54, 1.807) is 13.8 Å². The molecule has 4 nitrogen and oxygen atoms in total. The van der Waals surface area contributed by atoms with Gasteiger partial charge in [0.15, 0.2) is 0 Å². The topological polar surface area (TPSA) is 52.6 Å². The molecule has 0 N–H and O–H groups in total. The number of allylic oxidation sites excluding steroid dienone is 4. The first-order valence-electron chi connectivity index (χ1n) is 7.70. The quantitative estimate of drug-likeness (QED) is 0.454. The third kappa shape index (κ3) is 8.33. The third-order valence-corrected chi connectivity index (χ3v) is 2.93. The Labute approximate surface area is 128 Å². The summed E-state index contributed by atoms with van der Waals surface area (Å²) in [6.07, 6.45) is 9.76. The minimum atomic E-state index is -0.662. The molecule has 0 rings (SSSR count). The summed E-state index contributed by atoms with van der Waals surface area (Å²) in [6, 6.07) is 0. The summed E-state index contributed by atoms with van der Waals surface area (Å²) in [7, 11) is 0. The number of esters is 2. The van der Waals surface area contributed by atoms with Gasteiger partial charge < -0.3 is 9.47 Å². The summed E-state index contributed by atoms with van der Waals surface area (Å²) in [4.78, 5) is 23.8. The van der Waals surface area contributed by atoms with Crippen LogP contribution in [0.2, 0.25) is 0 Å². The molecule has 0 amide bonds. The second-order valence-electron chi connectivity index (χ2n) is 4.82. The summed E-state index contributed by atoms with van der Waals surface area (Å²) >= 11 is 0. The van der Waals surface area contributed by atoms with E-state index in [2.05, 4.69) is 0 Å². The molecule has 0 spiro atoms. The SMILES string of the molecule is CCC=CC(C=CCC)(CC(=O)OCC)CC(=O)OCC. The van der Waals surface area contributed by atoms with Crippen molar-refractivity contribution in [2.75, 3.05) is 13.2 Å². The zero-order chi connectivity index (χ0) is 16.1. The van der Waals surface area contributed by atoms with E-state index in [9.17, 15) is 9.59 Å². The standard InChI is InChI=1S/C17H28O4/c1-5-9-11-17(12-10-6-2,13-15(18)20-7-3)14-16(19)21-8-4/h9-12H,5-8,13-14H2,1-4H3. The number of hydrogen-bond donors (Lipinski definition) is 0. The number of hydrogen-bond acceptors (Lipinski definition) is 4. The van der Waals surface area contributed by atoms with E-state index in [1.807, 2.05) is 38.2 Å². The molecule has 0 aliphatic carbocycles. The lowest BCUT2D eigenvalue weighted by molar-refractivity contribution is -0.147. The molecule has 0 aliphatic heterocycles. The van der Waals surface area contributed by atoms with Crippen molar-refractivity contribution in [3.8, 4) is 0 Å². The zero-order valence-electron chi connectivity index (χ0n) is 13.7. The van der Waals surface area contributed by atoms with Gasteiger partial charge in [0, 0.05) is 5.41 Å². The first kappa shape index (κ1) is 19.4. The molecular weight excluding hydrogens is 268 g/mol. The highest BCUT2D eigenvalue weighted by Crippen LogP contribution is 2.32. The van der Waals surface area contributed by atoms with Crippen molar-refractivity contribution in [1.29, 1.82) is 0 Å². The van der Waals surface area contributed by atoms with E-state index in [0.29, 0.717) is 13.2 Å². The van der Waals surface area contributed by atoms with Crippen molar-refractivity contribution in [3.05, 3.63) is 24.3 Å². The Morgan fingerprint density at radius 2 is 1.19 bits per heavy atom. The lowest BCUT2D eigenvalue weighted by Gasteiger charge is -2.25. The number of carbonyl (C=O) groups excluding carboxylic acids is 2. The molecule has 0 atom stereocenters. The molecule has 0 bridgehead atoms. The highest BCUT2D eigenvalue weighted by atomic mass is 16.5. The lowest BCUT2D eigenvalue weighted by Crippen LogP contribution is -2.26. The molecule has 0 aromatic heterocycles. The van der Waals surface area contributed by atoms with Crippen LogP contribution in [-0.2, 0) is 19.1 Å². The van der Waals surface area contributed by atoms with Gasteiger partial charge in [0.2, 0.25) is 0 Å². The van der Waals surface area contributed by atoms with Gasteiger partial charge in [-0.25, -0.2) is 0 Å². The predicted octanol–water partition coefficient (Wildman–Crippen LogP) is 3.81. The van der Waals surface area contributed by atoms with E-state index in [-0.39, 0.29) is 24.8 Å². The van der Waals surface area contributed by atoms with E-state index in [0.717, 1.165) is 12.8 Å². The molecular formula is C17H28O4. The molecule has 21 heavy (non-hydrogen) atoms. The molecule has 0 heterocycles. The zero-order valence-corrected chi connectivity index (χ0v) is 13.7. The molecule has 4 heteroatoms. The van der Waals surface area contributed by atoms with E-state index < -0.39 is 5.41 Å². The number of carbonyl (C=O) groups is 2. The summed E-state index contributed by atoms with van der Waals surface area (Å²) in [5, 5.41) is 0. The van der Waals surface area contributed by atoms with Crippen LogP contribution >= 0.6 is 0 Å². The second kappa shape index (κ2) is 11.1. The van der Waals surface area contributed by atoms with Gasteiger partial charge in [-0.2, -0.15) is 0 Å². The maximum atomic E-state index is 11.9. The molecule has 0 aromatic rings. The Morgan fingerprint density at radius 1 is 0.810 bits per heavy atom. The van der Waals surface area contributed by atoms with Crippen LogP contribution in [0.4, 0.5) is 0 Å². The molecule has 120 valence electrons. The van der Waals surface area contributed by atoms with Gasteiger partial charge in [-0.3, -0.25) is 9.59 Å². The van der Waals surface area contributed by atoms with Gasteiger partial charge in [-0.05, 0) is 26.7 Å². The predicted molar refractivity (Wildman–Crippen MR) is 83.8 cm³/mol. The van der Waals surface area contributed by atoms with Crippen molar-refractivity contribution in [2.24, 2.45) is 5.41 Å². The first-order valence-corrected chi connectivity index (χ1v) is 7.70. The van der Waals surface area contributed by atoms with E-state index in [1.165, 1.54) is 0 Å². The molecule has 0 fully saturated rings. The van der Waals surface area contributed by atoms with Gasteiger partial charge in [-0.15, -0.1) is 0 Å². The van der Waals surface area contributed by atoms with Crippen molar-refractivity contribution in [1.82, 2.24) is 0 Å². The molecule has 0 aromatic carbocycles. The fourth-order valence-corrected chi connectivity index (χ4v) is 2.02. The molecule has 0 unspecified atom stereocenters. The highest BCUT2D eigenvalue weighted by molar-refractivity contribution is 5.75. The van der Waals surface area contributed by atoms with Crippen LogP contribution in [0, 0.1) is 5.41 Å². The first-order chi connectivity index (χ1) is 10.0. The summed E-state index contributed by atoms with van der Waals surface area (Å²) < 4.78 is 10.1.